The molecule has 1 aliphatic heterocycles. The molecule has 3 rings (SSSR count). The average molecular weight is 487 g/mol. The summed E-state index contributed by atoms with van der Waals surface area (Å²) in [5.74, 6) is -0.276. The van der Waals surface area contributed by atoms with Gasteiger partial charge in [-0.15, -0.1) is 0 Å². The Balaban J connectivity index is 2.11. The third-order valence-corrected chi connectivity index (χ3v) is 7.66. The Kier molecular flexibility index (Phi) is 7.83. The molecule has 8 heteroatoms. The van der Waals surface area contributed by atoms with Crippen LogP contribution in [0.5, 0.6) is 0 Å². The molecule has 1 N–H and O–H groups in total. The van der Waals surface area contributed by atoms with Gasteiger partial charge in [-0.2, -0.15) is 0 Å². The van der Waals surface area contributed by atoms with Gasteiger partial charge in [0.05, 0.1) is 17.5 Å². The molecule has 1 atom stereocenters. The fourth-order valence-electron chi connectivity index (χ4n) is 4.08. The Bertz CT molecular complexity index is 1110. The molecule has 0 radical (unpaired) electrons. The van der Waals surface area contributed by atoms with Crippen molar-refractivity contribution in [3.8, 4) is 0 Å². The fraction of sp³-hybridized carbons (Fsp3) is 0.462. The molecule has 1 unspecified atom stereocenters. The van der Waals surface area contributed by atoms with Crippen molar-refractivity contribution in [2.75, 3.05) is 13.2 Å². The third kappa shape index (κ3) is 5.50. The second-order valence-electron chi connectivity index (χ2n) is 9.64. The lowest BCUT2D eigenvalue weighted by molar-refractivity contribution is -0.126. The first kappa shape index (κ1) is 25.9. The summed E-state index contributed by atoms with van der Waals surface area (Å²) in [5, 5.41) is 0. The first-order valence-electron chi connectivity index (χ1n) is 11.6. The number of nitrogens with one attached hydrogen (secondary N) is 1. The normalized spacial score (nSPS) is 15.5. The number of carbonyl (C=O) groups excluding carboxylic acids is 2. The van der Waals surface area contributed by atoms with Crippen LogP contribution in [0.4, 0.5) is 4.79 Å². The van der Waals surface area contributed by atoms with Gasteiger partial charge in [0.15, 0.2) is 6.61 Å². The van der Waals surface area contributed by atoms with Crippen LogP contribution in [0.3, 0.4) is 0 Å². The van der Waals surface area contributed by atoms with Gasteiger partial charge in [0, 0.05) is 0 Å². The second-order valence-corrected chi connectivity index (χ2v) is 11.3. The van der Waals surface area contributed by atoms with Crippen molar-refractivity contribution in [1.29, 1.82) is 0 Å². The number of rotatable bonds is 9. The van der Waals surface area contributed by atoms with Gasteiger partial charge in [-0.25, -0.2) is 22.8 Å². The van der Waals surface area contributed by atoms with Crippen LogP contribution >= 0.6 is 0 Å². The van der Waals surface area contributed by atoms with E-state index >= 15 is 0 Å². The number of amides is 2. The van der Waals surface area contributed by atoms with E-state index in [0.717, 1.165) is 21.6 Å². The van der Waals surface area contributed by atoms with Crippen LogP contribution in [0.1, 0.15) is 87.6 Å². The highest BCUT2D eigenvalue weighted by Gasteiger charge is 2.36. The molecule has 1 aliphatic rings. The zero-order valence-corrected chi connectivity index (χ0v) is 21.5. The quantitative estimate of drug-likeness (QED) is 0.535. The van der Waals surface area contributed by atoms with Crippen LogP contribution in [0, 0.1) is 0 Å². The van der Waals surface area contributed by atoms with Crippen LogP contribution in [0.15, 0.2) is 47.4 Å². The predicted molar refractivity (Wildman–Crippen MR) is 131 cm³/mol. The van der Waals surface area contributed by atoms with Crippen LogP contribution < -0.4 is 4.72 Å². The molecular weight excluding hydrogens is 452 g/mol. The SMILES string of the molecule is CC(C)c1cc(C(C)C)c(S(=O)(=O)NC(CN2C(=O)COC2=O)c2ccccc2)c(C(C)C)c1. The summed E-state index contributed by atoms with van der Waals surface area (Å²) in [4.78, 5) is 25.5. The number of imide groups is 1. The maximum Gasteiger partial charge on any atom is 0.417 e. The summed E-state index contributed by atoms with van der Waals surface area (Å²) in [5.41, 5.74) is 3.25. The summed E-state index contributed by atoms with van der Waals surface area (Å²) in [6.45, 7) is 11.6. The summed E-state index contributed by atoms with van der Waals surface area (Å²) in [6.07, 6.45) is -0.767. The van der Waals surface area contributed by atoms with Crippen LogP contribution in [-0.4, -0.2) is 38.5 Å². The zero-order chi connectivity index (χ0) is 25.2. The summed E-state index contributed by atoms with van der Waals surface area (Å²) in [6, 6.07) is 12.1. The minimum absolute atomic E-state index is 0.0203. The van der Waals surface area contributed by atoms with Gasteiger partial charge in [0.1, 0.15) is 0 Å². The van der Waals surface area contributed by atoms with E-state index < -0.39 is 28.1 Å². The molecule has 2 aromatic rings. The van der Waals surface area contributed by atoms with E-state index in [1.54, 1.807) is 24.3 Å². The van der Waals surface area contributed by atoms with Crippen LogP contribution in [-0.2, 0) is 19.6 Å². The van der Waals surface area contributed by atoms with Gasteiger partial charge >= 0.3 is 6.09 Å². The van der Waals surface area contributed by atoms with Crippen molar-refractivity contribution < 1.29 is 22.7 Å². The standard InChI is InChI=1S/C26H34N2O5S/c1-16(2)20-12-21(17(3)4)25(22(13-20)18(5)6)34(31,32)27-23(19-10-8-7-9-11-19)14-28-24(29)15-33-26(28)30/h7-13,16-18,23,27H,14-15H2,1-6H3. The molecule has 0 spiro atoms. The van der Waals surface area contributed by atoms with Crippen molar-refractivity contribution in [3.63, 3.8) is 0 Å². The molecule has 7 nitrogen and oxygen atoms in total. The molecule has 0 aliphatic carbocycles. The first-order chi connectivity index (χ1) is 15.9. The number of sulfonamides is 1. The third-order valence-electron chi connectivity index (χ3n) is 6.05. The van der Waals surface area contributed by atoms with Crippen molar-refractivity contribution in [3.05, 3.63) is 64.7 Å². The largest absolute Gasteiger partial charge is 0.439 e. The molecule has 0 bridgehead atoms. The molecule has 34 heavy (non-hydrogen) atoms. The summed E-state index contributed by atoms with van der Waals surface area (Å²) >= 11 is 0. The maximum absolute atomic E-state index is 14.0. The average Bonchev–Trinajstić information content (AvgIpc) is 3.10. The molecule has 184 valence electrons. The number of benzene rings is 2. The lowest BCUT2D eigenvalue weighted by Crippen LogP contribution is -2.40. The van der Waals surface area contributed by atoms with Crippen LogP contribution in [0.2, 0.25) is 0 Å². The van der Waals surface area contributed by atoms with E-state index in [1.807, 2.05) is 45.9 Å². The van der Waals surface area contributed by atoms with Crippen molar-refractivity contribution >= 4 is 22.0 Å². The highest BCUT2D eigenvalue weighted by Crippen LogP contribution is 2.36. The van der Waals surface area contributed by atoms with Crippen LogP contribution in [0.25, 0.3) is 0 Å². The van der Waals surface area contributed by atoms with Gasteiger partial charge in [-0.3, -0.25) is 4.79 Å². The van der Waals surface area contributed by atoms with Crippen molar-refractivity contribution in [1.82, 2.24) is 9.62 Å². The highest BCUT2D eigenvalue weighted by molar-refractivity contribution is 7.89. The maximum atomic E-state index is 14.0. The Morgan fingerprint density at radius 2 is 1.44 bits per heavy atom. The molecular formula is C26H34N2O5S. The summed E-state index contributed by atoms with van der Waals surface area (Å²) in [7, 11) is -4.02. The van der Waals surface area contributed by atoms with Gasteiger partial charge in [0.2, 0.25) is 10.0 Å². The number of hydrogen-bond donors (Lipinski definition) is 1. The van der Waals surface area contributed by atoms with Gasteiger partial charge in [0.25, 0.3) is 5.91 Å². The van der Waals surface area contributed by atoms with E-state index in [4.69, 9.17) is 4.74 Å². The predicted octanol–water partition coefficient (Wildman–Crippen LogP) is 5.06. The van der Waals surface area contributed by atoms with E-state index in [9.17, 15) is 18.0 Å². The molecule has 1 saturated heterocycles. The Hall–Kier alpha value is -2.71. The minimum atomic E-state index is -4.02. The molecule has 2 amide bonds. The number of cyclic esters (lactones) is 1. The van der Waals surface area contributed by atoms with Gasteiger partial charge < -0.3 is 4.74 Å². The van der Waals surface area contributed by atoms with Gasteiger partial charge in [-0.1, -0.05) is 84.0 Å². The molecule has 1 fully saturated rings. The topological polar surface area (TPSA) is 92.8 Å². The number of hydrogen-bond acceptors (Lipinski definition) is 5. The van der Waals surface area contributed by atoms with Gasteiger partial charge in [-0.05, 0) is 40.0 Å². The zero-order valence-electron chi connectivity index (χ0n) is 20.7. The monoisotopic (exact) mass is 486 g/mol. The van der Waals surface area contributed by atoms with E-state index in [2.05, 4.69) is 18.6 Å². The Labute approximate surface area is 202 Å². The lowest BCUT2D eigenvalue weighted by Gasteiger charge is -2.26. The van der Waals surface area contributed by atoms with E-state index in [1.165, 1.54) is 0 Å². The second kappa shape index (κ2) is 10.3. The van der Waals surface area contributed by atoms with E-state index in [-0.39, 0.29) is 35.8 Å². The molecule has 0 aromatic heterocycles. The first-order valence-corrected chi connectivity index (χ1v) is 13.1. The summed E-state index contributed by atoms with van der Waals surface area (Å²) < 4.78 is 35.5. The highest BCUT2D eigenvalue weighted by atomic mass is 32.2. The Morgan fingerprint density at radius 3 is 1.88 bits per heavy atom. The molecule has 1 heterocycles. The van der Waals surface area contributed by atoms with Crippen molar-refractivity contribution in [2.45, 2.75) is 70.2 Å². The molecule has 0 saturated carbocycles. The van der Waals surface area contributed by atoms with Crippen molar-refractivity contribution in [2.24, 2.45) is 0 Å². The minimum Gasteiger partial charge on any atom is -0.439 e. The number of carbonyl (C=O) groups is 2. The number of nitrogens with zero attached hydrogens (tertiary/aromatic N) is 1. The van der Waals surface area contributed by atoms with E-state index in [0.29, 0.717) is 5.56 Å². The smallest absolute Gasteiger partial charge is 0.417 e. The lowest BCUT2D eigenvalue weighted by atomic mass is 9.89. The Morgan fingerprint density at radius 1 is 0.882 bits per heavy atom. The fourth-order valence-corrected chi connectivity index (χ4v) is 6.00. The number of ether oxygens (including phenoxy) is 1. The molecule has 2 aromatic carbocycles.